The number of imidazole rings is 1. The number of benzene rings is 3. The lowest BCUT2D eigenvalue weighted by molar-refractivity contribution is -0.119. The number of anilines is 1. The predicted molar refractivity (Wildman–Crippen MR) is 132 cm³/mol. The van der Waals surface area contributed by atoms with Crippen molar-refractivity contribution in [2.24, 2.45) is 0 Å². The van der Waals surface area contributed by atoms with Gasteiger partial charge in [-0.2, -0.15) is 0 Å². The van der Waals surface area contributed by atoms with Crippen LogP contribution in [0.2, 0.25) is 0 Å². The molecule has 1 amide bonds. The second-order valence-electron chi connectivity index (χ2n) is 8.04. The number of para-hydroxylation sites is 1. The van der Waals surface area contributed by atoms with Crippen molar-refractivity contribution in [3.63, 3.8) is 0 Å². The Hall–Kier alpha value is -3.91. The Balaban J connectivity index is 1.58. The van der Waals surface area contributed by atoms with E-state index in [1.54, 1.807) is 55.0 Å². The first-order chi connectivity index (χ1) is 16.3. The van der Waals surface area contributed by atoms with E-state index in [1.807, 2.05) is 54.9 Å². The van der Waals surface area contributed by atoms with Crippen LogP contribution in [0.5, 0.6) is 0 Å². The van der Waals surface area contributed by atoms with Gasteiger partial charge in [-0.3, -0.25) is 9.10 Å². The van der Waals surface area contributed by atoms with Gasteiger partial charge in [-0.25, -0.2) is 13.4 Å². The van der Waals surface area contributed by atoms with Gasteiger partial charge in [0.1, 0.15) is 6.54 Å². The van der Waals surface area contributed by atoms with Crippen LogP contribution in [0.25, 0.3) is 5.69 Å². The topological polar surface area (TPSA) is 84.3 Å². The van der Waals surface area contributed by atoms with Crippen LogP contribution in [0.1, 0.15) is 16.7 Å². The number of aryl methyl sites for hydroxylation is 2. The van der Waals surface area contributed by atoms with E-state index in [0.717, 1.165) is 26.7 Å². The van der Waals surface area contributed by atoms with Crippen molar-refractivity contribution in [3.8, 4) is 5.69 Å². The number of nitrogens with one attached hydrogen (secondary N) is 1. The molecular formula is C26H26N4O3S. The highest BCUT2D eigenvalue weighted by Crippen LogP contribution is 2.25. The monoisotopic (exact) mass is 474 g/mol. The maximum Gasteiger partial charge on any atom is 0.264 e. The van der Waals surface area contributed by atoms with Crippen LogP contribution >= 0.6 is 0 Å². The van der Waals surface area contributed by atoms with E-state index >= 15 is 0 Å². The summed E-state index contributed by atoms with van der Waals surface area (Å²) >= 11 is 0. The van der Waals surface area contributed by atoms with Crippen LogP contribution < -0.4 is 9.62 Å². The van der Waals surface area contributed by atoms with Crippen molar-refractivity contribution < 1.29 is 13.2 Å². The van der Waals surface area contributed by atoms with Gasteiger partial charge < -0.3 is 9.88 Å². The van der Waals surface area contributed by atoms with Crippen LogP contribution in [-0.4, -0.2) is 30.4 Å². The van der Waals surface area contributed by atoms with E-state index in [4.69, 9.17) is 0 Å². The standard InChI is InChI=1S/C26H26N4O3S/c1-20-10-12-24(13-11-20)34(32,33)30(23-8-5-6-21(2)16-23)18-26(31)28-17-22-7-3-4-9-25(22)29-15-14-27-19-29/h3-16,19H,17-18H2,1-2H3,(H,28,31). The van der Waals surface area contributed by atoms with Gasteiger partial charge in [0.05, 0.1) is 22.6 Å². The number of rotatable bonds is 8. The van der Waals surface area contributed by atoms with E-state index < -0.39 is 15.9 Å². The van der Waals surface area contributed by atoms with Crippen LogP contribution in [0.15, 0.2) is 96.4 Å². The first kappa shape index (κ1) is 23.3. The molecule has 34 heavy (non-hydrogen) atoms. The zero-order valence-electron chi connectivity index (χ0n) is 19.0. The summed E-state index contributed by atoms with van der Waals surface area (Å²) in [6.07, 6.45) is 5.20. The lowest BCUT2D eigenvalue weighted by Gasteiger charge is -2.24. The van der Waals surface area contributed by atoms with Crippen LogP contribution in [0, 0.1) is 13.8 Å². The summed E-state index contributed by atoms with van der Waals surface area (Å²) in [5, 5.41) is 2.87. The van der Waals surface area contributed by atoms with Gasteiger partial charge in [0, 0.05) is 18.9 Å². The van der Waals surface area contributed by atoms with Gasteiger partial charge in [-0.15, -0.1) is 0 Å². The van der Waals surface area contributed by atoms with Gasteiger partial charge in [-0.05, 0) is 55.3 Å². The summed E-state index contributed by atoms with van der Waals surface area (Å²) in [5.41, 5.74) is 4.07. The van der Waals surface area contributed by atoms with Gasteiger partial charge >= 0.3 is 0 Å². The fourth-order valence-corrected chi connectivity index (χ4v) is 5.04. The predicted octanol–water partition coefficient (Wildman–Crippen LogP) is 4.00. The molecule has 4 rings (SSSR count). The minimum Gasteiger partial charge on any atom is -0.350 e. The highest BCUT2D eigenvalue weighted by atomic mass is 32.2. The quantitative estimate of drug-likeness (QED) is 0.418. The fourth-order valence-electron chi connectivity index (χ4n) is 3.63. The summed E-state index contributed by atoms with van der Waals surface area (Å²) in [4.78, 5) is 17.2. The summed E-state index contributed by atoms with van der Waals surface area (Å²) in [6, 6.07) is 21.4. The molecule has 174 valence electrons. The molecule has 4 aromatic rings. The summed E-state index contributed by atoms with van der Waals surface area (Å²) in [7, 11) is -3.95. The Morgan fingerprint density at radius 2 is 1.74 bits per heavy atom. The Morgan fingerprint density at radius 3 is 2.44 bits per heavy atom. The molecule has 7 nitrogen and oxygen atoms in total. The molecule has 1 heterocycles. The first-order valence-corrected chi connectivity index (χ1v) is 12.3. The number of carbonyl (C=O) groups excluding carboxylic acids is 1. The minimum atomic E-state index is -3.95. The summed E-state index contributed by atoms with van der Waals surface area (Å²) < 4.78 is 30.0. The molecule has 0 saturated heterocycles. The van der Waals surface area contributed by atoms with Crippen LogP contribution in [0.3, 0.4) is 0 Å². The molecule has 0 bridgehead atoms. The molecule has 1 aromatic heterocycles. The number of carbonyl (C=O) groups is 1. The van der Waals surface area contributed by atoms with Crippen LogP contribution in [-0.2, 0) is 21.4 Å². The number of amides is 1. The second kappa shape index (κ2) is 9.93. The molecule has 0 spiro atoms. The Kier molecular flexibility index (Phi) is 6.79. The molecule has 0 fully saturated rings. The van der Waals surface area contributed by atoms with E-state index in [2.05, 4.69) is 10.3 Å². The van der Waals surface area contributed by atoms with Crippen molar-refractivity contribution >= 4 is 21.6 Å². The Bertz CT molecular complexity index is 1380. The Labute approximate surface area is 199 Å². The first-order valence-electron chi connectivity index (χ1n) is 10.8. The number of nitrogens with zero attached hydrogens (tertiary/aromatic N) is 3. The average Bonchev–Trinajstić information content (AvgIpc) is 3.36. The zero-order chi connectivity index (χ0) is 24.1. The third kappa shape index (κ3) is 5.18. The molecule has 0 unspecified atom stereocenters. The van der Waals surface area contributed by atoms with Crippen molar-refractivity contribution in [3.05, 3.63) is 108 Å². The lowest BCUT2D eigenvalue weighted by atomic mass is 10.1. The van der Waals surface area contributed by atoms with E-state index in [1.165, 1.54) is 0 Å². The molecule has 0 radical (unpaired) electrons. The van der Waals surface area contributed by atoms with E-state index in [0.29, 0.717) is 5.69 Å². The zero-order valence-corrected chi connectivity index (χ0v) is 19.9. The largest absolute Gasteiger partial charge is 0.350 e. The fraction of sp³-hybridized carbons (Fsp3) is 0.154. The van der Waals surface area contributed by atoms with Gasteiger partial charge in [0.15, 0.2) is 0 Å². The molecule has 0 atom stereocenters. The maximum absolute atomic E-state index is 13.5. The molecular weight excluding hydrogens is 448 g/mol. The van der Waals surface area contributed by atoms with Crippen LogP contribution in [0.4, 0.5) is 5.69 Å². The van der Waals surface area contributed by atoms with Gasteiger partial charge in [0.2, 0.25) is 5.91 Å². The average molecular weight is 475 g/mol. The van der Waals surface area contributed by atoms with Crippen molar-refractivity contribution in [2.45, 2.75) is 25.3 Å². The Morgan fingerprint density at radius 1 is 0.971 bits per heavy atom. The molecule has 0 aliphatic rings. The molecule has 0 aliphatic heterocycles. The van der Waals surface area contributed by atoms with Gasteiger partial charge in [0.25, 0.3) is 10.0 Å². The number of hydrogen-bond acceptors (Lipinski definition) is 4. The van der Waals surface area contributed by atoms with Crippen molar-refractivity contribution in [1.29, 1.82) is 0 Å². The maximum atomic E-state index is 13.5. The summed E-state index contributed by atoms with van der Waals surface area (Å²) in [6.45, 7) is 3.68. The smallest absolute Gasteiger partial charge is 0.264 e. The molecule has 0 saturated carbocycles. The third-order valence-electron chi connectivity index (χ3n) is 5.44. The minimum absolute atomic E-state index is 0.137. The molecule has 8 heteroatoms. The number of hydrogen-bond donors (Lipinski definition) is 1. The summed E-state index contributed by atoms with van der Waals surface area (Å²) in [5.74, 6) is -0.405. The van der Waals surface area contributed by atoms with Gasteiger partial charge in [-0.1, -0.05) is 48.0 Å². The van der Waals surface area contributed by atoms with Crippen molar-refractivity contribution in [2.75, 3.05) is 10.8 Å². The second-order valence-corrected chi connectivity index (χ2v) is 9.90. The van der Waals surface area contributed by atoms with E-state index in [9.17, 15) is 13.2 Å². The highest BCUT2D eigenvalue weighted by Gasteiger charge is 2.27. The molecule has 1 N–H and O–H groups in total. The third-order valence-corrected chi connectivity index (χ3v) is 7.22. The highest BCUT2D eigenvalue weighted by molar-refractivity contribution is 7.92. The molecule has 0 aliphatic carbocycles. The van der Waals surface area contributed by atoms with Crippen molar-refractivity contribution in [1.82, 2.24) is 14.9 Å². The lowest BCUT2D eigenvalue weighted by Crippen LogP contribution is -2.40. The molecule has 3 aromatic carbocycles. The SMILES string of the molecule is Cc1ccc(S(=O)(=O)N(CC(=O)NCc2ccccc2-n2ccnc2)c2cccc(C)c2)cc1. The number of aromatic nitrogens is 2. The number of sulfonamides is 1. The normalized spacial score (nSPS) is 11.2. The van der Waals surface area contributed by atoms with E-state index in [-0.39, 0.29) is 18.0 Å².